The highest BCUT2D eigenvalue weighted by Gasteiger charge is 2.36. The number of ether oxygens (including phenoxy) is 1. The van der Waals surface area contributed by atoms with E-state index in [1.165, 1.54) is 6.26 Å². The molecular formula is C24H22N2O4. The molecule has 0 saturated carbocycles. The summed E-state index contributed by atoms with van der Waals surface area (Å²) in [6, 6.07) is 18.9. The smallest absolute Gasteiger partial charge is 0.234 e. The van der Waals surface area contributed by atoms with E-state index in [9.17, 15) is 9.59 Å². The normalized spacial score (nSPS) is 16.5. The summed E-state index contributed by atoms with van der Waals surface area (Å²) < 4.78 is 11.2. The summed E-state index contributed by atoms with van der Waals surface area (Å²) >= 11 is 0. The van der Waals surface area contributed by atoms with Crippen molar-refractivity contribution >= 4 is 11.7 Å². The number of hydrogen-bond donors (Lipinski definition) is 0. The van der Waals surface area contributed by atoms with E-state index in [4.69, 9.17) is 9.15 Å². The van der Waals surface area contributed by atoms with Crippen molar-refractivity contribution in [3.05, 3.63) is 83.8 Å². The van der Waals surface area contributed by atoms with Crippen molar-refractivity contribution in [3.8, 4) is 11.5 Å². The molecule has 3 heterocycles. The maximum absolute atomic E-state index is 13.6. The fourth-order valence-corrected chi connectivity index (χ4v) is 4.20. The Bertz CT molecular complexity index is 1020. The largest absolute Gasteiger partial charge is 0.461 e. The molecule has 0 unspecified atom stereocenters. The third-order valence-corrected chi connectivity index (χ3v) is 5.77. The molecule has 6 heteroatoms. The van der Waals surface area contributed by atoms with Gasteiger partial charge in [0.2, 0.25) is 11.7 Å². The number of carbonyl (C=O) groups excluding carboxylic acids is 2. The lowest BCUT2D eigenvalue weighted by atomic mass is 9.86. The molecule has 1 saturated heterocycles. The standard InChI is InChI=1S/C24H22N2O4/c27-19(22-10-5-15-29-22)16-25-11-13-26(14-12-25)24(28)23-17-6-1-3-8-20(17)30-21-9-4-2-7-18(21)23/h1-10,15,23H,11-14,16H2. The van der Waals surface area contributed by atoms with Crippen molar-refractivity contribution in [1.82, 2.24) is 9.80 Å². The molecular weight excluding hydrogens is 380 g/mol. The number of piperazine rings is 1. The second-order valence-electron chi connectivity index (χ2n) is 7.61. The van der Waals surface area contributed by atoms with Crippen molar-refractivity contribution in [1.29, 1.82) is 0 Å². The summed E-state index contributed by atoms with van der Waals surface area (Å²) in [5.74, 6) is 1.52. The minimum atomic E-state index is -0.373. The number of hydrogen-bond acceptors (Lipinski definition) is 5. The topological polar surface area (TPSA) is 63.0 Å². The Balaban J connectivity index is 1.31. The first-order chi connectivity index (χ1) is 14.7. The quantitative estimate of drug-likeness (QED) is 0.625. The molecule has 0 bridgehead atoms. The summed E-state index contributed by atoms with van der Waals surface area (Å²) in [6.45, 7) is 2.80. The van der Waals surface area contributed by atoms with Gasteiger partial charge in [-0.05, 0) is 24.3 Å². The Morgan fingerprint density at radius 3 is 2.07 bits per heavy atom. The van der Waals surface area contributed by atoms with Crippen LogP contribution in [0.4, 0.5) is 0 Å². The van der Waals surface area contributed by atoms with E-state index in [0.29, 0.717) is 38.5 Å². The number of carbonyl (C=O) groups is 2. The SMILES string of the molecule is O=C(CN1CCN(C(=O)C2c3ccccc3Oc3ccccc32)CC1)c1ccco1. The Morgan fingerprint density at radius 2 is 1.47 bits per heavy atom. The van der Waals surface area contributed by atoms with Crippen LogP contribution in [0, 0.1) is 0 Å². The molecule has 1 amide bonds. The molecule has 30 heavy (non-hydrogen) atoms. The van der Waals surface area contributed by atoms with Crippen molar-refractivity contribution < 1.29 is 18.7 Å². The van der Waals surface area contributed by atoms with Crippen LogP contribution in [0.5, 0.6) is 11.5 Å². The van der Waals surface area contributed by atoms with Gasteiger partial charge in [0.05, 0.1) is 18.7 Å². The van der Waals surface area contributed by atoms with Crippen molar-refractivity contribution in [3.63, 3.8) is 0 Å². The molecule has 2 aliphatic heterocycles. The van der Waals surface area contributed by atoms with Gasteiger partial charge in [0.25, 0.3) is 0 Å². The average molecular weight is 402 g/mol. The highest BCUT2D eigenvalue weighted by Crippen LogP contribution is 2.44. The van der Waals surface area contributed by atoms with E-state index in [0.717, 1.165) is 22.6 Å². The van der Waals surface area contributed by atoms with Crippen molar-refractivity contribution in [2.75, 3.05) is 32.7 Å². The van der Waals surface area contributed by atoms with Gasteiger partial charge in [0.1, 0.15) is 11.5 Å². The fourth-order valence-electron chi connectivity index (χ4n) is 4.20. The number of ketones is 1. The first-order valence-corrected chi connectivity index (χ1v) is 10.1. The number of amides is 1. The van der Waals surface area contributed by atoms with E-state index >= 15 is 0 Å². The van der Waals surface area contributed by atoms with E-state index in [2.05, 4.69) is 4.90 Å². The second-order valence-corrected chi connectivity index (χ2v) is 7.61. The van der Waals surface area contributed by atoms with Crippen LogP contribution in [0.25, 0.3) is 0 Å². The highest BCUT2D eigenvalue weighted by molar-refractivity contribution is 5.95. The van der Waals surface area contributed by atoms with Gasteiger partial charge < -0.3 is 14.1 Å². The zero-order valence-electron chi connectivity index (χ0n) is 16.5. The van der Waals surface area contributed by atoms with Gasteiger partial charge in [-0.2, -0.15) is 0 Å². The van der Waals surface area contributed by atoms with Gasteiger partial charge in [-0.3, -0.25) is 14.5 Å². The third-order valence-electron chi connectivity index (χ3n) is 5.77. The minimum Gasteiger partial charge on any atom is -0.461 e. The molecule has 5 rings (SSSR count). The van der Waals surface area contributed by atoms with Gasteiger partial charge in [-0.25, -0.2) is 0 Å². The first-order valence-electron chi connectivity index (χ1n) is 10.1. The zero-order chi connectivity index (χ0) is 20.5. The van der Waals surface area contributed by atoms with Crippen LogP contribution in [0.2, 0.25) is 0 Å². The van der Waals surface area contributed by atoms with Gasteiger partial charge in [0, 0.05) is 37.3 Å². The Morgan fingerprint density at radius 1 is 0.833 bits per heavy atom. The predicted octanol–water partition coefficient (Wildman–Crippen LogP) is 3.54. The number of Topliss-reactive ketones (excluding diaryl/α,β-unsaturated/α-hetero) is 1. The lowest BCUT2D eigenvalue weighted by Gasteiger charge is -2.37. The number of para-hydroxylation sites is 2. The molecule has 0 spiro atoms. The van der Waals surface area contributed by atoms with Crippen LogP contribution in [-0.4, -0.2) is 54.2 Å². The lowest BCUT2D eigenvalue weighted by molar-refractivity contribution is -0.133. The molecule has 0 aliphatic carbocycles. The highest BCUT2D eigenvalue weighted by atomic mass is 16.5. The fraction of sp³-hybridized carbons (Fsp3) is 0.250. The van der Waals surface area contributed by atoms with E-state index in [-0.39, 0.29) is 17.6 Å². The van der Waals surface area contributed by atoms with Gasteiger partial charge in [-0.1, -0.05) is 36.4 Å². The summed E-state index contributed by atoms with van der Waals surface area (Å²) in [5, 5.41) is 0. The summed E-state index contributed by atoms with van der Waals surface area (Å²) in [7, 11) is 0. The molecule has 0 radical (unpaired) electrons. The molecule has 2 aliphatic rings. The second kappa shape index (κ2) is 7.80. The van der Waals surface area contributed by atoms with Crippen molar-refractivity contribution in [2.45, 2.75) is 5.92 Å². The van der Waals surface area contributed by atoms with Crippen molar-refractivity contribution in [2.24, 2.45) is 0 Å². The Hall–Kier alpha value is -3.38. The van der Waals surface area contributed by atoms with Crippen LogP contribution in [-0.2, 0) is 4.79 Å². The van der Waals surface area contributed by atoms with Gasteiger partial charge in [0.15, 0.2) is 5.76 Å². The monoisotopic (exact) mass is 402 g/mol. The van der Waals surface area contributed by atoms with E-state index in [1.54, 1.807) is 12.1 Å². The Labute approximate surface area is 174 Å². The average Bonchev–Trinajstić information content (AvgIpc) is 3.33. The van der Waals surface area contributed by atoms with Crippen LogP contribution in [0.15, 0.2) is 71.3 Å². The summed E-state index contributed by atoms with van der Waals surface area (Å²) in [5.41, 5.74) is 1.80. The molecule has 1 aromatic heterocycles. The molecule has 2 aromatic carbocycles. The maximum atomic E-state index is 13.6. The lowest BCUT2D eigenvalue weighted by Crippen LogP contribution is -2.51. The number of rotatable bonds is 4. The summed E-state index contributed by atoms with van der Waals surface area (Å²) in [6.07, 6.45) is 1.51. The van der Waals surface area contributed by atoms with Gasteiger partial charge >= 0.3 is 0 Å². The number of fused-ring (bicyclic) bond motifs is 2. The first kappa shape index (κ1) is 18.6. The van der Waals surface area contributed by atoms with Crippen LogP contribution in [0.1, 0.15) is 27.6 Å². The Kier molecular flexibility index (Phi) is 4.85. The van der Waals surface area contributed by atoms with E-state index in [1.807, 2.05) is 53.4 Å². The molecule has 0 atom stereocenters. The van der Waals surface area contributed by atoms with E-state index < -0.39 is 0 Å². The molecule has 0 N–H and O–H groups in total. The molecule has 1 fully saturated rings. The van der Waals surface area contributed by atoms with Gasteiger partial charge in [-0.15, -0.1) is 0 Å². The molecule has 152 valence electrons. The van der Waals surface area contributed by atoms with Crippen LogP contribution in [0.3, 0.4) is 0 Å². The third kappa shape index (κ3) is 3.39. The predicted molar refractivity (Wildman–Crippen MR) is 111 cm³/mol. The summed E-state index contributed by atoms with van der Waals surface area (Å²) in [4.78, 5) is 29.8. The molecule has 3 aromatic rings. The maximum Gasteiger partial charge on any atom is 0.234 e. The zero-order valence-corrected chi connectivity index (χ0v) is 16.5. The minimum absolute atomic E-state index is 0.0351. The number of benzene rings is 2. The number of furan rings is 1. The van der Waals surface area contributed by atoms with Crippen LogP contribution >= 0.6 is 0 Å². The number of nitrogens with zero attached hydrogens (tertiary/aromatic N) is 2. The molecule has 6 nitrogen and oxygen atoms in total. The van der Waals surface area contributed by atoms with Crippen LogP contribution < -0.4 is 4.74 Å².